The van der Waals surface area contributed by atoms with Crippen molar-refractivity contribution in [3.8, 4) is 0 Å². The van der Waals surface area contributed by atoms with Gasteiger partial charge in [0.1, 0.15) is 0 Å². The first kappa shape index (κ1) is 13.4. The molecule has 0 amide bonds. The predicted molar refractivity (Wildman–Crippen MR) is 87.9 cm³/mol. The molecule has 0 saturated heterocycles. The van der Waals surface area contributed by atoms with Gasteiger partial charge in [0.2, 0.25) is 0 Å². The van der Waals surface area contributed by atoms with Crippen LogP contribution in [-0.4, -0.2) is 11.6 Å². The van der Waals surface area contributed by atoms with Crippen molar-refractivity contribution in [3.63, 3.8) is 0 Å². The summed E-state index contributed by atoms with van der Waals surface area (Å²) in [5.74, 6) is 0. The smallest absolute Gasteiger partial charge is 0.0487 e. The van der Waals surface area contributed by atoms with E-state index in [1.54, 1.807) is 0 Å². The highest BCUT2D eigenvalue weighted by atomic mass is 79.9. The monoisotopic (exact) mass is 328 g/mol. The largest absolute Gasteiger partial charge is 0.343 e. The van der Waals surface area contributed by atoms with E-state index in [1.165, 1.54) is 22.0 Å². The van der Waals surface area contributed by atoms with Gasteiger partial charge in [-0.1, -0.05) is 52.3 Å². The van der Waals surface area contributed by atoms with E-state index in [9.17, 15) is 0 Å². The molecule has 0 unspecified atom stereocenters. The van der Waals surface area contributed by atoms with Gasteiger partial charge in [0, 0.05) is 34.7 Å². The van der Waals surface area contributed by atoms with Crippen molar-refractivity contribution in [2.24, 2.45) is 0 Å². The van der Waals surface area contributed by atoms with E-state index in [0.717, 1.165) is 17.6 Å². The van der Waals surface area contributed by atoms with Crippen molar-refractivity contribution in [2.75, 3.05) is 7.05 Å². The lowest BCUT2D eigenvalue weighted by Crippen LogP contribution is -2.04. The Kier molecular flexibility index (Phi) is 3.90. The molecule has 0 aliphatic rings. The second kappa shape index (κ2) is 5.81. The minimum Gasteiger partial charge on any atom is -0.343 e. The number of halogens is 1. The summed E-state index contributed by atoms with van der Waals surface area (Å²) < 4.78 is 3.48. The molecule has 102 valence electrons. The molecule has 0 saturated carbocycles. The van der Waals surface area contributed by atoms with Crippen LogP contribution in [0.25, 0.3) is 10.9 Å². The molecule has 0 fully saturated rings. The lowest BCUT2D eigenvalue weighted by atomic mass is 10.2. The molecule has 1 N–H and O–H groups in total. The number of hydrogen-bond acceptors (Lipinski definition) is 1. The molecular formula is C17H17BrN2. The number of fused-ring (bicyclic) bond motifs is 1. The highest BCUT2D eigenvalue weighted by Crippen LogP contribution is 2.24. The van der Waals surface area contributed by atoms with Crippen LogP contribution in [0.5, 0.6) is 0 Å². The van der Waals surface area contributed by atoms with Gasteiger partial charge < -0.3 is 9.88 Å². The van der Waals surface area contributed by atoms with Crippen LogP contribution < -0.4 is 5.32 Å². The summed E-state index contributed by atoms with van der Waals surface area (Å²) in [4.78, 5) is 0. The SMILES string of the molecule is CNCc1cn(Cc2ccccc2Br)c2ccccc12. The van der Waals surface area contributed by atoms with Crippen LogP contribution in [0.15, 0.2) is 59.2 Å². The third kappa shape index (κ3) is 2.51. The maximum absolute atomic E-state index is 3.63. The van der Waals surface area contributed by atoms with E-state index >= 15 is 0 Å². The fraction of sp³-hybridized carbons (Fsp3) is 0.176. The first-order chi connectivity index (χ1) is 9.79. The van der Waals surface area contributed by atoms with Gasteiger partial charge in [-0.3, -0.25) is 0 Å². The third-order valence-corrected chi connectivity index (χ3v) is 4.31. The minimum absolute atomic E-state index is 0.881. The summed E-state index contributed by atoms with van der Waals surface area (Å²) in [7, 11) is 1.99. The summed E-state index contributed by atoms with van der Waals surface area (Å²) in [5, 5.41) is 4.57. The van der Waals surface area contributed by atoms with E-state index in [0.29, 0.717) is 0 Å². The predicted octanol–water partition coefficient (Wildman–Crippen LogP) is 4.17. The molecule has 1 heterocycles. The van der Waals surface area contributed by atoms with E-state index < -0.39 is 0 Å². The Hall–Kier alpha value is -1.58. The Labute approximate surface area is 127 Å². The molecule has 0 atom stereocenters. The van der Waals surface area contributed by atoms with Crippen molar-refractivity contribution in [1.82, 2.24) is 9.88 Å². The number of aromatic nitrogens is 1. The Balaban J connectivity index is 2.05. The lowest BCUT2D eigenvalue weighted by molar-refractivity contribution is 0.794. The van der Waals surface area contributed by atoms with E-state index in [-0.39, 0.29) is 0 Å². The molecule has 0 radical (unpaired) electrons. The molecule has 20 heavy (non-hydrogen) atoms. The number of nitrogens with one attached hydrogen (secondary N) is 1. The first-order valence-corrected chi connectivity index (χ1v) is 7.53. The fourth-order valence-corrected chi connectivity index (χ4v) is 3.01. The Morgan fingerprint density at radius 3 is 2.55 bits per heavy atom. The molecule has 3 aromatic rings. The lowest BCUT2D eigenvalue weighted by Gasteiger charge is -2.07. The highest BCUT2D eigenvalue weighted by molar-refractivity contribution is 9.10. The summed E-state index contributed by atoms with van der Waals surface area (Å²) in [5.41, 5.74) is 3.92. The quantitative estimate of drug-likeness (QED) is 0.760. The zero-order valence-electron chi connectivity index (χ0n) is 11.4. The number of para-hydroxylation sites is 1. The number of rotatable bonds is 4. The Morgan fingerprint density at radius 1 is 1.00 bits per heavy atom. The molecule has 0 bridgehead atoms. The molecular weight excluding hydrogens is 312 g/mol. The van der Waals surface area contributed by atoms with Gasteiger partial charge in [-0.25, -0.2) is 0 Å². The van der Waals surface area contributed by atoms with Crippen LogP contribution in [-0.2, 0) is 13.1 Å². The topological polar surface area (TPSA) is 17.0 Å². The first-order valence-electron chi connectivity index (χ1n) is 6.74. The molecule has 0 aliphatic heterocycles. The molecule has 1 aromatic heterocycles. The highest BCUT2D eigenvalue weighted by Gasteiger charge is 2.08. The van der Waals surface area contributed by atoms with Crippen LogP contribution in [0.4, 0.5) is 0 Å². The summed E-state index contributed by atoms with van der Waals surface area (Å²) >= 11 is 3.63. The fourth-order valence-electron chi connectivity index (χ4n) is 2.60. The third-order valence-electron chi connectivity index (χ3n) is 3.54. The number of nitrogens with zero attached hydrogens (tertiary/aromatic N) is 1. The number of benzene rings is 2. The summed E-state index contributed by atoms with van der Waals surface area (Å²) in [6.07, 6.45) is 2.25. The second-order valence-electron chi connectivity index (χ2n) is 4.92. The van der Waals surface area contributed by atoms with E-state index in [2.05, 4.69) is 74.5 Å². The van der Waals surface area contributed by atoms with Crippen LogP contribution in [0.2, 0.25) is 0 Å². The average molecular weight is 329 g/mol. The van der Waals surface area contributed by atoms with E-state index in [1.807, 2.05) is 13.1 Å². The van der Waals surface area contributed by atoms with Gasteiger partial charge in [-0.15, -0.1) is 0 Å². The van der Waals surface area contributed by atoms with Gasteiger partial charge >= 0.3 is 0 Å². The molecule has 0 spiro atoms. The Bertz CT molecular complexity index is 731. The molecule has 2 nitrogen and oxygen atoms in total. The van der Waals surface area contributed by atoms with Crippen LogP contribution in [0, 0.1) is 0 Å². The standard InChI is InChI=1S/C17H17BrN2/c1-19-10-14-12-20(17-9-5-3-7-15(14)17)11-13-6-2-4-8-16(13)18/h2-9,12,19H,10-11H2,1H3. The number of hydrogen-bond donors (Lipinski definition) is 1. The van der Waals surface area contributed by atoms with Crippen LogP contribution in [0.1, 0.15) is 11.1 Å². The zero-order chi connectivity index (χ0) is 13.9. The van der Waals surface area contributed by atoms with Crippen LogP contribution in [0.3, 0.4) is 0 Å². The molecule has 3 heteroatoms. The van der Waals surface area contributed by atoms with Gasteiger partial charge in [-0.2, -0.15) is 0 Å². The molecule has 3 rings (SSSR count). The minimum atomic E-state index is 0.881. The van der Waals surface area contributed by atoms with E-state index in [4.69, 9.17) is 0 Å². The van der Waals surface area contributed by atoms with Crippen molar-refractivity contribution < 1.29 is 0 Å². The molecule has 0 aliphatic carbocycles. The van der Waals surface area contributed by atoms with Crippen LogP contribution >= 0.6 is 15.9 Å². The zero-order valence-corrected chi connectivity index (χ0v) is 13.0. The van der Waals surface area contributed by atoms with Gasteiger partial charge in [-0.05, 0) is 30.3 Å². The van der Waals surface area contributed by atoms with Gasteiger partial charge in [0.15, 0.2) is 0 Å². The van der Waals surface area contributed by atoms with Crippen molar-refractivity contribution in [2.45, 2.75) is 13.1 Å². The normalized spacial score (nSPS) is 11.1. The maximum Gasteiger partial charge on any atom is 0.0487 e. The Morgan fingerprint density at radius 2 is 1.75 bits per heavy atom. The van der Waals surface area contributed by atoms with Crippen molar-refractivity contribution in [1.29, 1.82) is 0 Å². The summed E-state index contributed by atoms with van der Waals surface area (Å²) in [6, 6.07) is 17.0. The van der Waals surface area contributed by atoms with Crippen molar-refractivity contribution >= 4 is 26.8 Å². The molecule has 2 aromatic carbocycles. The van der Waals surface area contributed by atoms with Gasteiger partial charge in [0.25, 0.3) is 0 Å². The second-order valence-corrected chi connectivity index (χ2v) is 5.78. The van der Waals surface area contributed by atoms with Gasteiger partial charge in [0.05, 0.1) is 0 Å². The maximum atomic E-state index is 3.63. The summed E-state index contributed by atoms with van der Waals surface area (Å²) in [6.45, 7) is 1.77. The van der Waals surface area contributed by atoms with Crippen molar-refractivity contribution in [3.05, 3.63) is 70.3 Å². The average Bonchev–Trinajstić information content (AvgIpc) is 2.81.